The molecule has 23 heavy (non-hydrogen) atoms. The molecule has 1 fully saturated rings. The predicted octanol–water partition coefficient (Wildman–Crippen LogP) is 2.05. The van der Waals surface area contributed by atoms with Gasteiger partial charge in [-0.05, 0) is 31.2 Å². The molecule has 5 nitrogen and oxygen atoms in total. The van der Waals surface area contributed by atoms with Crippen LogP contribution in [0.3, 0.4) is 0 Å². The molecule has 2 rings (SSSR count). The molecule has 0 aliphatic carbocycles. The Hall–Kier alpha value is -1.40. The van der Waals surface area contributed by atoms with Crippen molar-refractivity contribution in [3.8, 4) is 0 Å². The standard InChI is InChI=1S/C17H26N2O3S/c1-14(16-7-10-22-11-8-16)19-17(20)18-9-12-23(21)13-15-5-3-2-4-6-15/h2-6,14,16H,7-13H2,1H3,(H2,18,19,20). The van der Waals surface area contributed by atoms with Crippen molar-refractivity contribution in [2.24, 2.45) is 5.92 Å². The number of carbonyl (C=O) groups excluding carboxylic acids is 1. The molecular weight excluding hydrogens is 312 g/mol. The van der Waals surface area contributed by atoms with Crippen molar-refractivity contribution in [2.75, 3.05) is 25.5 Å². The van der Waals surface area contributed by atoms with Crippen molar-refractivity contribution in [2.45, 2.75) is 31.6 Å². The van der Waals surface area contributed by atoms with Gasteiger partial charge in [0.25, 0.3) is 0 Å². The fraction of sp³-hybridized carbons (Fsp3) is 0.588. The summed E-state index contributed by atoms with van der Waals surface area (Å²) >= 11 is 0. The molecule has 128 valence electrons. The Balaban J connectivity index is 1.61. The average Bonchev–Trinajstić information content (AvgIpc) is 2.56. The maximum atomic E-state index is 12.0. The highest BCUT2D eigenvalue weighted by molar-refractivity contribution is 7.84. The fourth-order valence-corrected chi connectivity index (χ4v) is 3.74. The van der Waals surface area contributed by atoms with Gasteiger partial charge in [-0.1, -0.05) is 30.3 Å². The number of hydrogen-bond acceptors (Lipinski definition) is 3. The third-order valence-electron chi connectivity index (χ3n) is 4.12. The summed E-state index contributed by atoms with van der Waals surface area (Å²) in [5, 5.41) is 5.76. The Morgan fingerprint density at radius 3 is 2.70 bits per heavy atom. The molecule has 0 saturated carbocycles. The molecule has 1 aliphatic heterocycles. The highest BCUT2D eigenvalue weighted by Crippen LogP contribution is 2.18. The number of rotatable bonds is 7. The first-order chi connectivity index (χ1) is 11.1. The lowest BCUT2D eigenvalue weighted by Gasteiger charge is -2.28. The third-order valence-corrected chi connectivity index (χ3v) is 5.43. The lowest BCUT2D eigenvalue weighted by Crippen LogP contribution is -2.46. The van der Waals surface area contributed by atoms with Crippen molar-refractivity contribution < 1.29 is 13.7 Å². The van der Waals surface area contributed by atoms with E-state index < -0.39 is 10.8 Å². The summed E-state index contributed by atoms with van der Waals surface area (Å²) in [5.74, 6) is 1.47. The van der Waals surface area contributed by atoms with E-state index in [2.05, 4.69) is 10.6 Å². The quantitative estimate of drug-likeness (QED) is 0.799. The third kappa shape index (κ3) is 6.71. The minimum atomic E-state index is -0.963. The van der Waals surface area contributed by atoms with Gasteiger partial charge < -0.3 is 15.4 Å². The van der Waals surface area contributed by atoms with Gasteiger partial charge in [0.1, 0.15) is 0 Å². The van der Waals surface area contributed by atoms with E-state index in [1.165, 1.54) is 0 Å². The molecule has 2 amide bonds. The van der Waals surface area contributed by atoms with E-state index in [1.807, 2.05) is 37.3 Å². The summed E-state index contributed by atoms with van der Waals surface area (Å²) in [4.78, 5) is 11.9. The first-order valence-corrected chi connectivity index (χ1v) is 9.65. The van der Waals surface area contributed by atoms with Crippen LogP contribution >= 0.6 is 0 Å². The minimum absolute atomic E-state index is 0.133. The number of benzene rings is 1. The molecule has 1 aliphatic rings. The molecule has 1 heterocycles. The normalized spacial score (nSPS) is 18.1. The SMILES string of the molecule is CC(NC(=O)NCCS(=O)Cc1ccccc1)C1CCOCC1. The van der Waals surface area contributed by atoms with Crippen LogP contribution in [0.1, 0.15) is 25.3 Å². The second-order valence-electron chi connectivity index (χ2n) is 5.91. The van der Waals surface area contributed by atoms with E-state index in [-0.39, 0.29) is 12.1 Å². The van der Waals surface area contributed by atoms with E-state index >= 15 is 0 Å². The molecule has 2 atom stereocenters. The van der Waals surface area contributed by atoms with E-state index in [1.54, 1.807) is 0 Å². The van der Waals surface area contributed by atoms with E-state index in [9.17, 15) is 9.00 Å². The maximum Gasteiger partial charge on any atom is 0.315 e. The van der Waals surface area contributed by atoms with Gasteiger partial charge in [0.2, 0.25) is 0 Å². The highest BCUT2D eigenvalue weighted by atomic mass is 32.2. The molecule has 2 unspecified atom stereocenters. The first kappa shape index (κ1) is 17.9. The van der Waals surface area contributed by atoms with Crippen molar-refractivity contribution in [3.05, 3.63) is 35.9 Å². The van der Waals surface area contributed by atoms with Crippen molar-refractivity contribution in [1.29, 1.82) is 0 Å². The van der Waals surface area contributed by atoms with Crippen LogP contribution in [0.15, 0.2) is 30.3 Å². The largest absolute Gasteiger partial charge is 0.381 e. The summed E-state index contributed by atoms with van der Waals surface area (Å²) in [5.41, 5.74) is 1.06. The van der Waals surface area contributed by atoms with Crippen molar-refractivity contribution in [3.63, 3.8) is 0 Å². The molecule has 1 saturated heterocycles. The zero-order valence-corrected chi connectivity index (χ0v) is 14.4. The van der Waals surface area contributed by atoms with E-state index in [0.29, 0.717) is 24.0 Å². The predicted molar refractivity (Wildman–Crippen MR) is 92.7 cm³/mol. The average molecular weight is 338 g/mol. The van der Waals surface area contributed by atoms with Crippen LogP contribution in [0.4, 0.5) is 4.79 Å². The van der Waals surface area contributed by atoms with Crippen LogP contribution in [0, 0.1) is 5.92 Å². The zero-order chi connectivity index (χ0) is 16.5. The van der Waals surface area contributed by atoms with Crippen LogP contribution in [-0.4, -0.2) is 41.8 Å². The number of amides is 2. The van der Waals surface area contributed by atoms with Gasteiger partial charge in [-0.15, -0.1) is 0 Å². The summed E-state index contributed by atoms with van der Waals surface area (Å²) in [6.07, 6.45) is 1.98. The van der Waals surface area contributed by atoms with Gasteiger partial charge in [0.05, 0.1) is 0 Å². The lowest BCUT2D eigenvalue weighted by molar-refractivity contribution is 0.0571. The van der Waals surface area contributed by atoms with Gasteiger partial charge in [0.15, 0.2) is 0 Å². The summed E-state index contributed by atoms with van der Waals surface area (Å²) in [6, 6.07) is 9.71. The number of carbonyl (C=O) groups is 1. The van der Waals surface area contributed by atoms with Gasteiger partial charge >= 0.3 is 6.03 Å². The van der Waals surface area contributed by atoms with Gasteiger partial charge in [0, 0.05) is 48.1 Å². The molecule has 2 N–H and O–H groups in total. The molecule has 1 aromatic carbocycles. The van der Waals surface area contributed by atoms with Gasteiger partial charge in [-0.3, -0.25) is 4.21 Å². The molecule has 0 bridgehead atoms. The number of nitrogens with one attached hydrogen (secondary N) is 2. The van der Waals surface area contributed by atoms with Crippen LogP contribution in [0.25, 0.3) is 0 Å². The highest BCUT2D eigenvalue weighted by Gasteiger charge is 2.21. The number of urea groups is 1. The lowest BCUT2D eigenvalue weighted by atomic mass is 9.93. The Morgan fingerprint density at radius 2 is 2.00 bits per heavy atom. The topological polar surface area (TPSA) is 67.4 Å². The van der Waals surface area contributed by atoms with Crippen molar-refractivity contribution in [1.82, 2.24) is 10.6 Å². The molecule has 0 spiro atoms. The summed E-state index contributed by atoms with van der Waals surface area (Å²) < 4.78 is 17.3. The number of hydrogen-bond donors (Lipinski definition) is 2. The second-order valence-corrected chi connectivity index (χ2v) is 7.49. The van der Waals surface area contributed by atoms with Crippen LogP contribution in [-0.2, 0) is 21.3 Å². The zero-order valence-electron chi connectivity index (χ0n) is 13.6. The van der Waals surface area contributed by atoms with E-state index in [4.69, 9.17) is 4.74 Å². The summed E-state index contributed by atoms with van der Waals surface area (Å²) in [6.45, 7) is 4.00. The second kappa shape index (κ2) is 9.67. The minimum Gasteiger partial charge on any atom is -0.381 e. The Bertz CT molecular complexity index is 504. The Morgan fingerprint density at radius 1 is 1.30 bits per heavy atom. The molecule has 6 heteroatoms. The summed E-state index contributed by atoms with van der Waals surface area (Å²) in [7, 11) is -0.963. The Kier molecular flexibility index (Phi) is 7.55. The number of ether oxygens (including phenoxy) is 1. The maximum absolute atomic E-state index is 12.0. The van der Waals surface area contributed by atoms with Gasteiger partial charge in [-0.2, -0.15) is 0 Å². The molecule has 1 aromatic rings. The van der Waals surface area contributed by atoms with Gasteiger partial charge in [-0.25, -0.2) is 4.79 Å². The van der Waals surface area contributed by atoms with Crippen LogP contribution < -0.4 is 10.6 Å². The molecular formula is C17H26N2O3S. The van der Waals surface area contributed by atoms with E-state index in [0.717, 1.165) is 31.6 Å². The van der Waals surface area contributed by atoms with Crippen molar-refractivity contribution >= 4 is 16.8 Å². The van der Waals surface area contributed by atoms with Crippen LogP contribution in [0.2, 0.25) is 0 Å². The van der Waals surface area contributed by atoms with Crippen LogP contribution in [0.5, 0.6) is 0 Å². The molecule has 0 aromatic heterocycles. The molecule has 0 radical (unpaired) electrons. The first-order valence-electron chi connectivity index (χ1n) is 8.16. The Labute approximate surface area is 140 Å². The monoisotopic (exact) mass is 338 g/mol. The fourth-order valence-electron chi connectivity index (χ4n) is 2.70. The smallest absolute Gasteiger partial charge is 0.315 e.